The Bertz CT molecular complexity index is 1010. The first kappa shape index (κ1) is 20.2. The van der Waals surface area contributed by atoms with E-state index < -0.39 is 0 Å². The molecule has 4 rings (SSSR count). The van der Waals surface area contributed by atoms with Gasteiger partial charge < -0.3 is 15.1 Å². The Hall–Kier alpha value is -3.10. The summed E-state index contributed by atoms with van der Waals surface area (Å²) in [5.74, 6) is -0.103. The Balaban J connectivity index is 1.38. The van der Waals surface area contributed by atoms with Crippen LogP contribution in [-0.2, 0) is 6.54 Å². The Morgan fingerprint density at radius 3 is 2.53 bits per heavy atom. The number of piperazine rings is 1. The fourth-order valence-electron chi connectivity index (χ4n) is 3.23. The number of carbonyl (C=O) groups is 2. The third-order valence-electron chi connectivity index (χ3n) is 5.07. The molecule has 1 aliphatic heterocycles. The Morgan fingerprint density at radius 1 is 1.07 bits per heavy atom. The van der Waals surface area contributed by atoms with Crippen molar-refractivity contribution in [1.82, 2.24) is 25.1 Å². The van der Waals surface area contributed by atoms with Crippen molar-refractivity contribution in [2.24, 2.45) is 0 Å². The van der Waals surface area contributed by atoms with E-state index in [2.05, 4.69) is 27.2 Å². The van der Waals surface area contributed by atoms with Gasteiger partial charge in [0.05, 0.1) is 6.20 Å². The number of hydrogen-bond acceptors (Lipinski definition) is 6. The van der Waals surface area contributed by atoms with E-state index >= 15 is 0 Å². The fourth-order valence-corrected chi connectivity index (χ4v) is 4.07. The molecule has 0 atom stereocenters. The molecule has 1 aromatic carbocycles. The molecule has 0 saturated carbocycles. The number of amides is 2. The lowest BCUT2D eigenvalue weighted by Crippen LogP contribution is -2.47. The van der Waals surface area contributed by atoms with Gasteiger partial charge in [-0.05, 0) is 30.8 Å². The van der Waals surface area contributed by atoms with Crippen LogP contribution < -0.4 is 5.32 Å². The highest BCUT2D eigenvalue weighted by atomic mass is 32.1. The van der Waals surface area contributed by atoms with Crippen LogP contribution in [0.2, 0.25) is 0 Å². The number of thiazole rings is 1. The second kappa shape index (κ2) is 9.15. The van der Waals surface area contributed by atoms with Gasteiger partial charge in [0.2, 0.25) is 0 Å². The van der Waals surface area contributed by atoms with Gasteiger partial charge in [0.1, 0.15) is 9.88 Å². The van der Waals surface area contributed by atoms with Gasteiger partial charge in [-0.15, -0.1) is 11.3 Å². The number of aromatic nitrogens is 2. The number of benzene rings is 1. The number of rotatable bonds is 5. The molecule has 0 aliphatic carbocycles. The maximum Gasteiger partial charge on any atom is 0.263 e. The third kappa shape index (κ3) is 4.72. The van der Waals surface area contributed by atoms with Gasteiger partial charge in [-0.3, -0.25) is 14.6 Å². The molecule has 0 unspecified atom stereocenters. The summed E-state index contributed by atoms with van der Waals surface area (Å²) in [6, 6.07) is 11.2. The van der Waals surface area contributed by atoms with E-state index in [4.69, 9.17) is 0 Å². The van der Waals surface area contributed by atoms with E-state index in [9.17, 15) is 9.59 Å². The summed E-state index contributed by atoms with van der Waals surface area (Å²) in [6.07, 6.45) is 5.01. The fraction of sp³-hybridized carbons (Fsp3) is 0.273. The molecule has 1 fully saturated rings. The van der Waals surface area contributed by atoms with E-state index in [-0.39, 0.29) is 11.8 Å². The highest BCUT2D eigenvalue weighted by Crippen LogP contribution is 2.26. The summed E-state index contributed by atoms with van der Waals surface area (Å²) < 4.78 is 0. The largest absolute Gasteiger partial charge is 0.347 e. The van der Waals surface area contributed by atoms with Crippen LogP contribution in [-0.4, -0.2) is 64.8 Å². The van der Waals surface area contributed by atoms with Crippen molar-refractivity contribution < 1.29 is 9.59 Å². The summed E-state index contributed by atoms with van der Waals surface area (Å²) in [6.45, 7) is 3.72. The second-order valence-electron chi connectivity index (χ2n) is 7.25. The smallest absolute Gasteiger partial charge is 0.263 e. The molecule has 154 valence electrons. The summed E-state index contributed by atoms with van der Waals surface area (Å²) in [4.78, 5) is 38.1. The van der Waals surface area contributed by atoms with E-state index in [0.29, 0.717) is 17.0 Å². The monoisotopic (exact) mass is 421 g/mol. The molecule has 30 heavy (non-hydrogen) atoms. The molecule has 1 saturated heterocycles. The van der Waals surface area contributed by atoms with Crippen molar-refractivity contribution >= 4 is 23.2 Å². The van der Waals surface area contributed by atoms with Gasteiger partial charge in [-0.2, -0.15) is 0 Å². The van der Waals surface area contributed by atoms with Gasteiger partial charge in [0.25, 0.3) is 11.8 Å². The van der Waals surface area contributed by atoms with Crippen molar-refractivity contribution in [2.45, 2.75) is 6.54 Å². The van der Waals surface area contributed by atoms with Crippen LogP contribution in [0.15, 0.2) is 55.0 Å². The molecular weight excluding hydrogens is 398 g/mol. The number of nitrogens with zero attached hydrogens (tertiary/aromatic N) is 4. The van der Waals surface area contributed by atoms with Gasteiger partial charge in [-0.25, -0.2) is 4.98 Å². The SMILES string of the molecule is CN1CCN(C(=O)c2ccc(-c3ncc(C(=O)NCc4cccnc4)s3)cc2)CC1. The molecule has 8 heteroatoms. The Kier molecular flexibility index (Phi) is 6.15. The van der Waals surface area contributed by atoms with Crippen molar-refractivity contribution in [2.75, 3.05) is 33.2 Å². The zero-order chi connectivity index (χ0) is 20.9. The average molecular weight is 422 g/mol. The zero-order valence-electron chi connectivity index (χ0n) is 16.7. The molecule has 2 aromatic heterocycles. The third-order valence-corrected chi connectivity index (χ3v) is 6.12. The molecule has 0 bridgehead atoms. The van der Waals surface area contributed by atoms with Crippen LogP contribution in [0.3, 0.4) is 0 Å². The minimum absolute atomic E-state index is 0.0595. The molecule has 3 aromatic rings. The summed E-state index contributed by atoms with van der Waals surface area (Å²) in [5, 5.41) is 3.63. The Labute approximate surface area is 179 Å². The molecule has 1 aliphatic rings. The predicted octanol–water partition coefficient (Wildman–Crippen LogP) is 2.52. The van der Waals surface area contributed by atoms with Gasteiger partial charge >= 0.3 is 0 Å². The van der Waals surface area contributed by atoms with Gasteiger partial charge in [-0.1, -0.05) is 18.2 Å². The molecule has 0 radical (unpaired) electrons. The number of pyridine rings is 1. The minimum atomic E-state index is -0.163. The molecular formula is C22H23N5O2S. The summed E-state index contributed by atoms with van der Waals surface area (Å²) in [7, 11) is 2.07. The van der Waals surface area contributed by atoms with Crippen LogP contribution in [0.25, 0.3) is 10.6 Å². The van der Waals surface area contributed by atoms with E-state index in [1.54, 1.807) is 18.6 Å². The maximum absolute atomic E-state index is 12.7. The predicted molar refractivity (Wildman–Crippen MR) is 116 cm³/mol. The first-order valence-electron chi connectivity index (χ1n) is 9.81. The van der Waals surface area contributed by atoms with Crippen molar-refractivity contribution in [3.8, 4) is 10.6 Å². The lowest BCUT2D eigenvalue weighted by atomic mass is 10.1. The molecule has 3 heterocycles. The highest BCUT2D eigenvalue weighted by Gasteiger charge is 2.20. The lowest BCUT2D eigenvalue weighted by Gasteiger charge is -2.32. The highest BCUT2D eigenvalue weighted by molar-refractivity contribution is 7.16. The lowest BCUT2D eigenvalue weighted by molar-refractivity contribution is 0.0664. The van der Waals surface area contributed by atoms with E-state index in [1.807, 2.05) is 41.3 Å². The van der Waals surface area contributed by atoms with Crippen LogP contribution >= 0.6 is 11.3 Å². The van der Waals surface area contributed by atoms with Gasteiger partial charge in [0, 0.05) is 56.2 Å². The molecule has 2 amide bonds. The van der Waals surface area contributed by atoms with Crippen molar-refractivity contribution in [3.05, 3.63) is 71.0 Å². The van der Waals surface area contributed by atoms with Crippen molar-refractivity contribution in [1.29, 1.82) is 0 Å². The van der Waals surface area contributed by atoms with Gasteiger partial charge in [0.15, 0.2) is 0 Å². The topological polar surface area (TPSA) is 78.4 Å². The molecule has 0 spiro atoms. The normalized spacial score (nSPS) is 14.5. The maximum atomic E-state index is 12.7. The molecule has 7 nitrogen and oxygen atoms in total. The second-order valence-corrected chi connectivity index (χ2v) is 8.28. The number of carbonyl (C=O) groups excluding carboxylic acids is 2. The zero-order valence-corrected chi connectivity index (χ0v) is 17.6. The summed E-state index contributed by atoms with van der Waals surface area (Å²) >= 11 is 1.33. The van der Waals surface area contributed by atoms with Crippen molar-refractivity contribution in [3.63, 3.8) is 0 Å². The first-order chi connectivity index (χ1) is 14.6. The molecule has 1 N–H and O–H groups in total. The first-order valence-corrected chi connectivity index (χ1v) is 10.6. The summed E-state index contributed by atoms with van der Waals surface area (Å²) in [5.41, 5.74) is 2.51. The Morgan fingerprint density at radius 2 is 1.83 bits per heavy atom. The van der Waals surface area contributed by atoms with E-state index in [1.165, 1.54) is 11.3 Å². The van der Waals surface area contributed by atoms with Crippen LogP contribution in [0.1, 0.15) is 25.6 Å². The van der Waals surface area contributed by atoms with Crippen LogP contribution in [0.5, 0.6) is 0 Å². The minimum Gasteiger partial charge on any atom is -0.347 e. The standard InChI is InChI=1S/C22H23N5O2S/c1-26-9-11-27(12-10-26)22(29)18-6-4-17(5-7-18)21-25-15-19(30-21)20(28)24-14-16-3-2-8-23-13-16/h2-8,13,15H,9-12,14H2,1H3,(H,24,28). The number of hydrogen-bond donors (Lipinski definition) is 1. The number of likely N-dealkylation sites (N-methyl/N-ethyl adjacent to an activating group) is 1. The quantitative estimate of drug-likeness (QED) is 0.685. The average Bonchev–Trinajstić information content (AvgIpc) is 3.29. The number of nitrogens with one attached hydrogen (secondary N) is 1. The van der Waals surface area contributed by atoms with Crippen LogP contribution in [0, 0.1) is 0 Å². The van der Waals surface area contributed by atoms with Crippen LogP contribution in [0.4, 0.5) is 0 Å². The van der Waals surface area contributed by atoms with E-state index in [0.717, 1.165) is 42.3 Å².